The molecule has 1 aromatic rings. The number of rotatable bonds is 1. The first-order valence-corrected chi connectivity index (χ1v) is 6.90. The van der Waals surface area contributed by atoms with E-state index < -0.39 is 0 Å². The van der Waals surface area contributed by atoms with Crippen molar-refractivity contribution in [3.05, 3.63) is 34.4 Å². The van der Waals surface area contributed by atoms with Crippen LogP contribution in [0.5, 0.6) is 0 Å². The summed E-state index contributed by atoms with van der Waals surface area (Å²) in [6.45, 7) is 4.02. The zero-order chi connectivity index (χ0) is 13.3. The summed E-state index contributed by atoms with van der Waals surface area (Å²) < 4.78 is 4.78. The summed E-state index contributed by atoms with van der Waals surface area (Å²) in [5, 5.41) is -0.276. The van der Waals surface area contributed by atoms with Crippen LogP contribution in [0.1, 0.15) is 27.0 Å². The third-order valence-electron chi connectivity index (χ3n) is 3.30. The van der Waals surface area contributed by atoms with E-state index in [4.69, 9.17) is 4.74 Å². The highest BCUT2D eigenvalue weighted by Gasteiger charge is 2.28. The zero-order valence-corrected chi connectivity index (χ0v) is 11.6. The topological polar surface area (TPSA) is 43.4 Å². The number of fused-ring (bicyclic) bond motifs is 1. The SMILES string of the molecule is COC(=O)C1Cc2cc(C)c(C)cc2C(=O)CS1. The Bertz CT molecular complexity index is 508. The molecule has 0 amide bonds. The Morgan fingerprint density at radius 3 is 2.67 bits per heavy atom. The number of Topliss-reactive ketones (excluding diaryl/α,β-unsaturated/α-hetero) is 1. The lowest BCUT2D eigenvalue weighted by atomic mass is 9.95. The van der Waals surface area contributed by atoms with Gasteiger partial charge in [0.2, 0.25) is 0 Å². The van der Waals surface area contributed by atoms with Crippen molar-refractivity contribution in [2.45, 2.75) is 25.5 Å². The minimum absolute atomic E-state index is 0.101. The van der Waals surface area contributed by atoms with E-state index in [2.05, 4.69) is 0 Å². The predicted octanol–water partition coefficient (Wildman–Crippen LogP) is 2.32. The van der Waals surface area contributed by atoms with E-state index in [0.29, 0.717) is 12.2 Å². The van der Waals surface area contributed by atoms with Gasteiger partial charge in [-0.05, 0) is 43.0 Å². The molecular formula is C14H16O3S. The fraction of sp³-hybridized carbons (Fsp3) is 0.429. The first-order chi connectivity index (χ1) is 8.52. The molecule has 1 unspecified atom stereocenters. The summed E-state index contributed by atoms with van der Waals surface area (Å²) in [6.07, 6.45) is 0.569. The lowest BCUT2D eigenvalue weighted by Gasteiger charge is -2.12. The Morgan fingerprint density at radius 1 is 1.33 bits per heavy atom. The maximum absolute atomic E-state index is 12.1. The highest BCUT2D eigenvalue weighted by atomic mass is 32.2. The van der Waals surface area contributed by atoms with Gasteiger partial charge < -0.3 is 4.74 Å². The Hall–Kier alpha value is -1.29. The standard InChI is InChI=1S/C14H16O3S/c1-8-4-10-6-13(14(16)17-3)18-7-12(15)11(10)5-9(8)2/h4-5,13H,6-7H2,1-3H3. The molecule has 0 aliphatic carbocycles. The van der Waals surface area contributed by atoms with Gasteiger partial charge in [-0.2, -0.15) is 0 Å². The fourth-order valence-corrected chi connectivity index (χ4v) is 3.14. The van der Waals surface area contributed by atoms with Crippen molar-refractivity contribution in [3.63, 3.8) is 0 Å². The first kappa shape index (κ1) is 13.1. The number of aryl methyl sites for hydroxylation is 2. The largest absolute Gasteiger partial charge is 0.468 e. The van der Waals surface area contributed by atoms with Crippen molar-refractivity contribution in [2.24, 2.45) is 0 Å². The highest BCUT2D eigenvalue weighted by molar-refractivity contribution is 8.01. The van der Waals surface area contributed by atoms with Gasteiger partial charge in [0.05, 0.1) is 12.9 Å². The van der Waals surface area contributed by atoms with Crippen LogP contribution in [0, 0.1) is 13.8 Å². The molecule has 0 saturated heterocycles. The highest BCUT2D eigenvalue weighted by Crippen LogP contribution is 2.28. The van der Waals surface area contributed by atoms with E-state index in [1.807, 2.05) is 26.0 Å². The van der Waals surface area contributed by atoms with Crippen molar-refractivity contribution in [1.82, 2.24) is 0 Å². The van der Waals surface area contributed by atoms with E-state index in [1.165, 1.54) is 18.9 Å². The molecule has 1 aliphatic rings. The number of thioether (sulfide) groups is 1. The van der Waals surface area contributed by atoms with Crippen LogP contribution in [-0.4, -0.2) is 29.9 Å². The van der Waals surface area contributed by atoms with E-state index in [1.54, 1.807) is 0 Å². The van der Waals surface area contributed by atoms with Crippen LogP contribution < -0.4 is 0 Å². The van der Waals surface area contributed by atoms with Crippen LogP contribution in [0.2, 0.25) is 0 Å². The second-order valence-electron chi connectivity index (χ2n) is 4.54. The second kappa shape index (κ2) is 5.14. The van der Waals surface area contributed by atoms with E-state index in [9.17, 15) is 9.59 Å². The summed E-state index contributed by atoms with van der Waals surface area (Å²) in [6, 6.07) is 3.96. The Balaban J connectivity index is 2.42. The number of carbonyl (C=O) groups excluding carboxylic acids is 2. The van der Waals surface area contributed by atoms with Gasteiger partial charge in [0, 0.05) is 5.56 Å². The van der Waals surface area contributed by atoms with Gasteiger partial charge >= 0.3 is 5.97 Å². The van der Waals surface area contributed by atoms with Gasteiger partial charge in [0.25, 0.3) is 0 Å². The molecule has 1 aliphatic heterocycles. The first-order valence-electron chi connectivity index (χ1n) is 5.85. The molecule has 0 bridgehead atoms. The van der Waals surface area contributed by atoms with E-state index >= 15 is 0 Å². The van der Waals surface area contributed by atoms with Gasteiger partial charge in [-0.25, -0.2) is 0 Å². The quantitative estimate of drug-likeness (QED) is 0.730. The molecule has 1 atom stereocenters. The lowest BCUT2D eigenvalue weighted by Crippen LogP contribution is -2.21. The monoisotopic (exact) mass is 264 g/mol. The fourth-order valence-electron chi connectivity index (χ4n) is 2.10. The Morgan fingerprint density at radius 2 is 2.00 bits per heavy atom. The van der Waals surface area contributed by atoms with Crippen molar-refractivity contribution < 1.29 is 14.3 Å². The zero-order valence-electron chi connectivity index (χ0n) is 10.8. The number of methoxy groups -OCH3 is 1. The van der Waals surface area contributed by atoms with Crippen LogP contribution in [0.4, 0.5) is 0 Å². The van der Waals surface area contributed by atoms with Crippen molar-refractivity contribution in [1.29, 1.82) is 0 Å². The smallest absolute Gasteiger partial charge is 0.319 e. The Kier molecular flexibility index (Phi) is 3.76. The van der Waals surface area contributed by atoms with Crippen LogP contribution in [-0.2, 0) is 16.0 Å². The number of hydrogen-bond acceptors (Lipinski definition) is 4. The molecule has 0 saturated carbocycles. The van der Waals surface area contributed by atoms with E-state index in [-0.39, 0.29) is 17.0 Å². The molecule has 2 rings (SSSR count). The van der Waals surface area contributed by atoms with Gasteiger partial charge in [-0.1, -0.05) is 6.07 Å². The van der Waals surface area contributed by atoms with Crippen molar-refractivity contribution >= 4 is 23.5 Å². The third-order valence-corrected chi connectivity index (χ3v) is 4.50. The summed E-state index contributed by atoms with van der Waals surface area (Å²) in [5.74, 6) is 0.193. The minimum Gasteiger partial charge on any atom is -0.468 e. The van der Waals surface area contributed by atoms with Crippen molar-refractivity contribution in [3.8, 4) is 0 Å². The van der Waals surface area contributed by atoms with Gasteiger partial charge in [0.1, 0.15) is 5.25 Å². The van der Waals surface area contributed by atoms with Crippen LogP contribution in [0.3, 0.4) is 0 Å². The average molecular weight is 264 g/mol. The number of carbonyl (C=O) groups is 2. The summed E-state index contributed by atoms with van der Waals surface area (Å²) >= 11 is 1.37. The molecule has 3 nitrogen and oxygen atoms in total. The molecule has 1 heterocycles. The summed E-state index contributed by atoms with van der Waals surface area (Å²) in [4.78, 5) is 23.7. The van der Waals surface area contributed by atoms with Gasteiger partial charge in [-0.3, -0.25) is 9.59 Å². The predicted molar refractivity (Wildman–Crippen MR) is 72.2 cm³/mol. The number of esters is 1. The molecule has 0 aromatic heterocycles. The molecule has 0 radical (unpaired) electrons. The molecule has 1 aromatic carbocycles. The summed E-state index contributed by atoms with van der Waals surface area (Å²) in [7, 11) is 1.39. The molecule has 96 valence electrons. The average Bonchev–Trinajstić information content (AvgIpc) is 2.50. The number of ketones is 1. The maximum Gasteiger partial charge on any atom is 0.319 e. The number of benzene rings is 1. The minimum atomic E-state index is -0.276. The van der Waals surface area contributed by atoms with Crippen LogP contribution in [0.25, 0.3) is 0 Å². The molecular weight excluding hydrogens is 248 g/mol. The second-order valence-corrected chi connectivity index (χ2v) is 5.73. The molecule has 0 fully saturated rings. The van der Waals surface area contributed by atoms with Crippen molar-refractivity contribution in [2.75, 3.05) is 12.9 Å². The number of hydrogen-bond donors (Lipinski definition) is 0. The number of ether oxygens (including phenoxy) is 1. The van der Waals surface area contributed by atoms with Crippen LogP contribution >= 0.6 is 11.8 Å². The maximum atomic E-state index is 12.1. The Labute approximate surface area is 111 Å². The summed E-state index contributed by atoms with van der Waals surface area (Å²) in [5.41, 5.74) is 3.99. The molecule has 4 heteroatoms. The normalized spacial score (nSPS) is 19.1. The molecule has 0 N–H and O–H groups in total. The van der Waals surface area contributed by atoms with Gasteiger partial charge in [0.15, 0.2) is 5.78 Å². The van der Waals surface area contributed by atoms with Gasteiger partial charge in [-0.15, -0.1) is 11.8 Å². The third kappa shape index (κ3) is 2.43. The van der Waals surface area contributed by atoms with E-state index in [0.717, 1.165) is 22.3 Å². The lowest BCUT2D eigenvalue weighted by molar-refractivity contribution is -0.139. The molecule has 18 heavy (non-hydrogen) atoms. The molecule has 0 spiro atoms. The van der Waals surface area contributed by atoms with Crippen LogP contribution in [0.15, 0.2) is 12.1 Å².